The number of hydrogen-bond acceptors (Lipinski definition) is 3. The Labute approximate surface area is 172 Å². The predicted octanol–water partition coefficient (Wildman–Crippen LogP) is 3.96. The van der Waals surface area contributed by atoms with Gasteiger partial charge in [-0.2, -0.15) is 0 Å². The van der Waals surface area contributed by atoms with Crippen LogP contribution in [-0.4, -0.2) is 31.0 Å². The van der Waals surface area contributed by atoms with Gasteiger partial charge in [0.1, 0.15) is 5.75 Å². The normalized spacial score (nSPS) is 14.7. The van der Waals surface area contributed by atoms with Crippen LogP contribution in [0.5, 0.6) is 5.75 Å². The van der Waals surface area contributed by atoms with Gasteiger partial charge in [0, 0.05) is 13.1 Å². The van der Waals surface area contributed by atoms with Crippen molar-refractivity contribution in [2.45, 2.75) is 19.0 Å². The zero-order valence-electron chi connectivity index (χ0n) is 16.7. The summed E-state index contributed by atoms with van der Waals surface area (Å²) < 4.78 is 5.27. The fourth-order valence-electron chi connectivity index (χ4n) is 3.90. The summed E-state index contributed by atoms with van der Waals surface area (Å²) in [6.07, 6.45) is 0.990. The highest BCUT2D eigenvalue weighted by molar-refractivity contribution is 5.79. The third-order valence-corrected chi connectivity index (χ3v) is 5.46. The molecule has 0 aromatic heterocycles. The van der Waals surface area contributed by atoms with Crippen molar-refractivity contribution in [1.29, 1.82) is 0 Å². The van der Waals surface area contributed by atoms with Crippen LogP contribution in [0.4, 0.5) is 0 Å². The van der Waals surface area contributed by atoms with Gasteiger partial charge in [-0.1, -0.05) is 66.7 Å². The number of amides is 1. The largest absolute Gasteiger partial charge is 0.497 e. The number of rotatable bonds is 6. The van der Waals surface area contributed by atoms with Gasteiger partial charge in [0.05, 0.1) is 19.7 Å². The summed E-state index contributed by atoms with van der Waals surface area (Å²) in [6.45, 7) is 2.12. The smallest absolute Gasteiger partial charge is 0.234 e. The molecule has 4 heteroatoms. The molecule has 0 spiro atoms. The second kappa shape index (κ2) is 8.93. The van der Waals surface area contributed by atoms with Gasteiger partial charge < -0.3 is 10.1 Å². The molecule has 0 saturated heterocycles. The zero-order chi connectivity index (χ0) is 20.1. The molecule has 148 valence electrons. The average molecular weight is 386 g/mol. The van der Waals surface area contributed by atoms with Crippen LogP contribution >= 0.6 is 0 Å². The van der Waals surface area contributed by atoms with Gasteiger partial charge in [-0.05, 0) is 40.8 Å². The highest BCUT2D eigenvalue weighted by Gasteiger charge is 2.21. The molecule has 0 fully saturated rings. The first-order chi connectivity index (χ1) is 14.2. The van der Waals surface area contributed by atoms with Crippen LogP contribution < -0.4 is 10.1 Å². The molecule has 1 heterocycles. The van der Waals surface area contributed by atoms with Crippen LogP contribution in [0.25, 0.3) is 0 Å². The van der Waals surface area contributed by atoms with Crippen molar-refractivity contribution in [3.63, 3.8) is 0 Å². The first kappa shape index (κ1) is 19.2. The Kier molecular flexibility index (Phi) is 5.92. The molecule has 1 aliphatic heterocycles. The SMILES string of the molecule is COc1ccc([C@@H](NC(=O)CN2CCc3ccccc3C2)c2ccccc2)cc1. The second-order valence-electron chi connectivity index (χ2n) is 7.41. The Morgan fingerprint density at radius 3 is 2.31 bits per heavy atom. The Morgan fingerprint density at radius 2 is 1.59 bits per heavy atom. The lowest BCUT2D eigenvalue weighted by Crippen LogP contribution is -2.41. The lowest BCUT2D eigenvalue weighted by atomic mass is 9.98. The van der Waals surface area contributed by atoms with Crippen molar-refractivity contribution in [2.75, 3.05) is 20.2 Å². The van der Waals surface area contributed by atoms with Crippen LogP contribution in [0.15, 0.2) is 78.9 Å². The highest BCUT2D eigenvalue weighted by atomic mass is 16.5. The third kappa shape index (κ3) is 4.66. The molecule has 0 bridgehead atoms. The maximum Gasteiger partial charge on any atom is 0.234 e. The molecule has 0 saturated carbocycles. The number of carbonyl (C=O) groups is 1. The fraction of sp³-hybridized carbons (Fsp3) is 0.240. The Hall–Kier alpha value is -3.11. The van der Waals surface area contributed by atoms with E-state index in [1.165, 1.54) is 11.1 Å². The minimum Gasteiger partial charge on any atom is -0.497 e. The van der Waals surface area contributed by atoms with Gasteiger partial charge in [0.2, 0.25) is 5.91 Å². The van der Waals surface area contributed by atoms with Crippen molar-refractivity contribution < 1.29 is 9.53 Å². The van der Waals surface area contributed by atoms with E-state index in [0.717, 1.165) is 36.4 Å². The summed E-state index contributed by atoms with van der Waals surface area (Å²) >= 11 is 0. The molecule has 0 radical (unpaired) electrons. The number of ether oxygens (including phenoxy) is 1. The molecule has 1 atom stereocenters. The van der Waals surface area contributed by atoms with E-state index in [0.29, 0.717) is 6.54 Å². The van der Waals surface area contributed by atoms with Crippen molar-refractivity contribution in [2.24, 2.45) is 0 Å². The zero-order valence-corrected chi connectivity index (χ0v) is 16.7. The molecule has 3 aromatic rings. The number of carbonyl (C=O) groups excluding carboxylic acids is 1. The van der Waals surface area contributed by atoms with Crippen LogP contribution in [0.2, 0.25) is 0 Å². The molecule has 1 N–H and O–H groups in total. The summed E-state index contributed by atoms with van der Waals surface area (Å²) in [7, 11) is 1.65. The molecule has 3 aromatic carbocycles. The number of nitrogens with zero attached hydrogens (tertiary/aromatic N) is 1. The summed E-state index contributed by atoms with van der Waals surface area (Å²) in [4.78, 5) is 15.1. The van der Waals surface area contributed by atoms with E-state index in [1.54, 1.807) is 7.11 Å². The standard InChI is InChI=1S/C25H26N2O2/c1-29-23-13-11-21(12-14-23)25(20-8-3-2-4-9-20)26-24(28)18-27-16-15-19-7-5-6-10-22(19)17-27/h2-14,25H,15-18H2,1H3,(H,26,28)/t25-/m0/s1. The minimum absolute atomic E-state index is 0.0362. The molecule has 4 rings (SSSR count). The summed E-state index contributed by atoms with van der Waals surface area (Å²) in [5, 5.41) is 3.24. The number of methoxy groups -OCH3 is 1. The second-order valence-corrected chi connectivity index (χ2v) is 7.41. The summed E-state index contributed by atoms with van der Waals surface area (Å²) in [5.41, 5.74) is 4.82. The Balaban J connectivity index is 1.48. The summed E-state index contributed by atoms with van der Waals surface area (Å²) in [5.74, 6) is 0.841. The van der Waals surface area contributed by atoms with E-state index < -0.39 is 0 Å². The quantitative estimate of drug-likeness (QED) is 0.697. The van der Waals surface area contributed by atoms with Crippen LogP contribution in [0.1, 0.15) is 28.3 Å². The van der Waals surface area contributed by atoms with Crippen molar-refractivity contribution >= 4 is 5.91 Å². The molecule has 0 aliphatic carbocycles. The van der Waals surface area contributed by atoms with E-state index in [-0.39, 0.29) is 11.9 Å². The molecular formula is C25H26N2O2. The highest BCUT2D eigenvalue weighted by Crippen LogP contribution is 2.24. The van der Waals surface area contributed by atoms with Crippen LogP contribution in [0.3, 0.4) is 0 Å². The molecule has 1 amide bonds. The van der Waals surface area contributed by atoms with E-state index >= 15 is 0 Å². The van der Waals surface area contributed by atoms with E-state index in [9.17, 15) is 4.79 Å². The van der Waals surface area contributed by atoms with Gasteiger partial charge in [-0.25, -0.2) is 0 Å². The van der Waals surface area contributed by atoms with Crippen molar-refractivity contribution in [3.8, 4) is 5.75 Å². The van der Waals surface area contributed by atoms with Crippen LogP contribution in [0, 0.1) is 0 Å². The van der Waals surface area contributed by atoms with Crippen molar-refractivity contribution in [1.82, 2.24) is 10.2 Å². The fourth-order valence-corrected chi connectivity index (χ4v) is 3.90. The number of hydrogen-bond donors (Lipinski definition) is 1. The van der Waals surface area contributed by atoms with Crippen LogP contribution in [-0.2, 0) is 17.8 Å². The van der Waals surface area contributed by atoms with Gasteiger partial charge in [-0.3, -0.25) is 9.69 Å². The minimum atomic E-state index is -0.188. The maximum atomic E-state index is 12.9. The first-order valence-electron chi connectivity index (χ1n) is 10.0. The molecular weight excluding hydrogens is 360 g/mol. The monoisotopic (exact) mass is 386 g/mol. The first-order valence-corrected chi connectivity index (χ1v) is 10.0. The van der Waals surface area contributed by atoms with Gasteiger partial charge in [0.15, 0.2) is 0 Å². The van der Waals surface area contributed by atoms with Gasteiger partial charge in [0.25, 0.3) is 0 Å². The maximum absolute atomic E-state index is 12.9. The summed E-state index contributed by atoms with van der Waals surface area (Å²) in [6, 6.07) is 26.3. The van der Waals surface area contributed by atoms with Gasteiger partial charge >= 0.3 is 0 Å². The Morgan fingerprint density at radius 1 is 0.931 bits per heavy atom. The van der Waals surface area contributed by atoms with Crippen molar-refractivity contribution in [3.05, 3.63) is 101 Å². The lowest BCUT2D eigenvalue weighted by Gasteiger charge is -2.29. The molecule has 1 aliphatic rings. The molecule has 4 nitrogen and oxygen atoms in total. The topological polar surface area (TPSA) is 41.6 Å². The molecule has 29 heavy (non-hydrogen) atoms. The number of nitrogens with one attached hydrogen (secondary N) is 1. The lowest BCUT2D eigenvalue weighted by molar-refractivity contribution is -0.123. The number of benzene rings is 3. The van der Waals surface area contributed by atoms with E-state index in [4.69, 9.17) is 4.74 Å². The third-order valence-electron chi connectivity index (χ3n) is 5.46. The molecule has 0 unspecified atom stereocenters. The predicted molar refractivity (Wildman–Crippen MR) is 115 cm³/mol. The Bertz CT molecular complexity index is 954. The number of fused-ring (bicyclic) bond motifs is 1. The van der Waals surface area contributed by atoms with E-state index in [2.05, 4.69) is 34.5 Å². The average Bonchev–Trinajstić information content (AvgIpc) is 2.78. The van der Waals surface area contributed by atoms with Gasteiger partial charge in [-0.15, -0.1) is 0 Å². The van der Waals surface area contributed by atoms with E-state index in [1.807, 2.05) is 54.6 Å².